The maximum atomic E-state index is 12.3. The number of carbonyl (C=O) groups is 1. The highest BCUT2D eigenvalue weighted by Gasteiger charge is 2.13. The van der Waals surface area contributed by atoms with Crippen molar-refractivity contribution in [2.75, 3.05) is 5.73 Å². The lowest BCUT2D eigenvalue weighted by Gasteiger charge is -2.04. The van der Waals surface area contributed by atoms with Crippen molar-refractivity contribution in [1.29, 1.82) is 0 Å². The Morgan fingerprint density at radius 3 is 2.63 bits per heavy atom. The largest absolute Gasteiger partial charge is 0.397 e. The number of carbonyl (C=O) groups excluding carboxylic acids is 1. The summed E-state index contributed by atoms with van der Waals surface area (Å²) >= 11 is 0. The normalized spacial score (nSPS) is 10.5. The number of fused-ring (bicyclic) bond motifs is 1. The molecule has 0 saturated heterocycles. The van der Waals surface area contributed by atoms with Crippen molar-refractivity contribution in [3.63, 3.8) is 0 Å². The van der Waals surface area contributed by atoms with Gasteiger partial charge >= 0.3 is 0 Å². The van der Waals surface area contributed by atoms with Crippen molar-refractivity contribution in [3.8, 4) is 0 Å². The predicted molar refractivity (Wildman–Crippen MR) is 73.8 cm³/mol. The van der Waals surface area contributed by atoms with Gasteiger partial charge in [0.05, 0.1) is 11.2 Å². The molecule has 2 N–H and O–H groups in total. The molecule has 0 amide bonds. The van der Waals surface area contributed by atoms with Crippen molar-refractivity contribution in [3.05, 3.63) is 66.1 Å². The van der Waals surface area contributed by atoms with Gasteiger partial charge in [-0.2, -0.15) is 0 Å². The summed E-state index contributed by atoms with van der Waals surface area (Å²) in [6.07, 6.45) is 3.28. The zero-order valence-electron chi connectivity index (χ0n) is 10.1. The third-order valence-corrected chi connectivity index (χ3v) is 2.92. The van der Waals surface area contributed by atoms with Crippen LogP contribution in [0.5, 0.6) is 0 Å². The number of nitrogen functional groups attached to an aromatic ring is 1. The highest BCUT2D eigenvalue weighted by atomic mass is 16.1. The van der Waals surface area contributed by atoms with Crippen molar-refractivity contribution in [2.45, 2.75) is 0 Å². The van der Waals surface area contributed by atoms with Crippen molar-refractivity contribution < 1.29 is 4.79 Å². The maximum Gasteiger partial charge on any atom is 0.213 e. The number of hydrogen-bond donors (Lipinski definition) is 1. The molecule has 0 fully saturated rings. The van der Waals surface area contributed by atoms with Crippen LogP contribution in [0.3, 0.4) is 0 Å². The molecule has 3 aromatic rings. The molecule has 3 rings (SSSR count). The molecule has 92 valence electrons. The second-order valence-corrected chi connectivity index (χ2v) is 4.18. The smallest absolute Gasteiger partial charge is 0.213 e. The highest BCUT2D eigenvalue weighted by Crippen LogP contribution is 2.18. The molecule has 0 atom stereocenters. The molecule has 19 heavy (non-hydrogen) atoms. The number of nitrogens with two attached hydrogens (primary N) is 1. The van der Waals surface area contributed by atoms with Gasteiger partial charge in [0, 0.05) is 23.3 Å². The van der Waals surface area contributed by atoms with E-state index >= 15 is 0 Å². The van der Waals surface area contributed by atoms with Gasteiger partial charge in [0.15, 0.2) is 0 Å². The number of benzene rings is 1. The van der Waals surface area contributed by atoms with E-state index in [1.54, 1.807) is 36.7 Å². The van der Waals surface area contributed by atoms with Gasteiger partial charge in [0.1, 0.15) is 5.69 Å². The van der Waals surface area contributed by atoms with E-state index < -0.39 is 0 Å². The first-order chi connectivity index (χ1) is 9.25. The van der Waals surface area contributed by atoms with Crippen LogP contribution in [-0.2, 0) is 0 Å². The lowest BCUT2D eigenvalue weighted by molar-refractivity contribution is 0.103. The second-order valence-electron chi connectivity index (χ2n) is 4.18. The van der Waals surface area contributed by atoms with Crippen LogP contribution in [-0.4, -0.2) is 15.8 Å². The van der Waals surface area contributed by atoms with E-state index in [2.05, 4.69) is 9.97 Å². The first-order valence-corrected chi connectivity index (χ1v) is 5.86. The monoisotopic (exact) mass is 249 g/mol. The van der Waals surface area contributed by atoms with Crippen molar-refractivity contribution in [1.82, 2.24) is 9.97 Å². The number of aromatic nitrogens is 2. The molecule has 2 heterocycles. The fourth-order valence-electron chi connectivity index (χ4n) is 1.96. The van der Waals surface area contributed by atoms with Gasteiger partial charge in [-0.05, 0) is 36.4 Å². The van der Waals surface area contributed by atoms with Crippen LogP contribution in [0.2, 0.25) is 0 Å². The molecule has 0 unspecified atom stereocenters. The minimum absolute atomic E-state index is 0.177. The Labute approximate surface area is 109 Å². The summed E-state index contributed by atoms with van der Waals surface area (Å²) in [4.78, 5) is 20.6. The predicted octanol–water partition coefficient (Wildman–Crippen LogP) is 2.44. The number of ketones is 1. The molecular weight excluding hydrogens is 238 g/mol. The van der Waals surface area contributed by atoms with E-state index in [9.17, 15) is 4.79 Å². The Balaban J connectivity index is 2.09. The van der Waals surface area contributed by atoms with Gasteiger partial charge in [-0.1, -0.05) is 6.07 Å². The van der Waals surface area contributed by atoms with Crippen LogP contribution in [0.15, 0.2) is 54.9 Å². The molecule has 2 aromatic heterocycles. The van der Waals surface area contributed by atoms with Crippen molar-refractivity contribution in [2.24, 2.45) is 0 Å². The lowest BCUT2D eigenvalue weighted by atomic mass is 10.0. The van der Waals surface area contributed by atoms with Crippen LogP contribution >= 0.6 is 0 Å². The third kappa shape index (κ3) is 2.04. The van der Waals surface area contributed by atoms with Gasteiger partial charge < -0.3 is 5.73 Å². The minimum Gasteiger partial charge on any atom is -0.397 e. The van der Waals surface area contributed by atoms with Crippen LogP contribution < -0.4 is 5.73 Å². The fourth-order valence-corrected chi connectivity index (χ4v) is 1.96. The van der Waals surface area contributed by atoms with E-state index in [1.807, 2.05) is 18.2 Å². The summed E-state index contributed by atoms with van der Waals surface area (Å²) in [6, 6.07) is 12.5. The Kier molecular flexibility index (Phi) is 2.68. The first-order valence-electron chi connectivity index (χ1n) is 5.86. The zero-order chi connectivity index (χ0) is 13.2. The standard InChI is InChI=1S/C15H11N3O/c16-12-4-2-8-18-14(12)15(19)11-5-6-13-10(9-11)3-1-7-17-13/h1-9H,16H2. The van der Waals surface area contributed by atoms with E-state index in [4.69, 9.17) is 5.73 Å². The molecule has 1 aromatic carbocycles. The van der Waals surface area contributed by atoms with Gasteiger partial charge in [0.25, 0.3) is 0 Å². The minimum atomic E-state index is -0.177. The molecule has 4 heteroatoms. The van der Waals surface area contributed by atoms with Crippen molar-refractivity contribution >= 4 is 22.4 Å². The van der Waals surface area contributed by atoms with Gasteiger partial charge in [0.2, 0.25) is 5.78 Å². The molecule has 0 aliphatic heterocycles. The molecule has 0 saturated carbocycles. The van der Waals surface area contributed by atoms with Gasteiger partial charge in [-0.3, -0.25) is 14.8 Å². The quantitative estimate of drug-likeness (QED) is 0.708. The first kappa shape index (κ1) is 11.3. The van der Waals surface area contributed by atoms with Crippen LogP contribution in [0.4, 0.5) is 5.69 Å². The van der Waals surface area contributed by atoms with Gasteiger partial charge in [-0.15, -0.1) is 0 Å². The average Bonchev–Trinajstić information content (AvgIpc) is 2.46. The van der Waals surface area contributed by atoms with Crippen LogP contribution in [0, 0.1) is 0 Å². The molecule has 0 radical (unpaired) electrons. The zero-order valence-corrected chi connectivity index (χ0v) is 10.1. The van der Waals surface area contributed by atoms with Crippen LogP contribution in [0.25, 0.3) is 10.9 Å². The number of hydrogen-bond acceptors (Lipinski definition) is 4. The third-order valence-electron chi connectivity index (χ3n) is 2.92. The Morgan fingerprint density at radius 1 is 1.00 bits per heavy atom. The number of anilines is 1. The summed E-state index contributed by atoms with van der Waals surface area (Å²) in [6.45, 7) is 0. The Morgan fingerprint density at radius 2 is 1.79 bits per heavy atom. The Bertz CT molecular complexity index is 768. The number of nitrogens with zero attached hydrogens (tertiary/aromatic N) is 2. The topological polar surface area (TPSA) is 68.9 Å². The SMILES string of the molecule is Nc1cccnc1C(=O)c1ccc2ncccc2c1. The molecule has 0 bridgehead atoms. The fraction of sp³-hybridized carbons (Fsp3) is 0. The maximum absolute atomic E-state index is 12.3. The molecule has 4 nitrogen and oxygen atoms in total. The molecule has 0 aliphatic rings. The van der Waals surface area contributed by atoms with E-state index in [-0.39, 0.29) is 11.5 Å². The number of rotatable bonds is 2. The average molecular weight is 249 g/mol. The summed E-state index contributed by atoms with van der Waals surface area (Å²) in [5.74, 6) is -0.177. The highest BCUT2D eigenvalue weighted by molar-refractivity contribution is 6.11. The van der Waals surface area contributed by atoms with E-state index in [0.29, 0.717) is 11.3 Å². The molecular formula is C15H11N3O. The summed E-state index contributed by atoms with van der Waals surface area (Å²) in [5.41, 5.74) is 7.86. The number of pyridine rings is 2. The summed E-state index contributed by atoms with van der Waals surface area (Å²) < 4.78 is 0. The molecule has 0 aliphatic carbocycles. The second kappa shape index (κ2) is 4.49. The van der Waals surface area contributed by atoms with E-state index in [0.717, 1.165) is 10.9 Å². The van der Waals surface area contributed by atoms with Crippen LogP contribution in [0.1, 0.15) is 16.1 Å². The summed E-state index contributed by atoms with van der Waals surface area (Å²) in [5, 5.41) is 0.919. The lowest BCUT2D eigenvalue weighted by Crippen LogP contribution is -2.07. The Hall–Kier alpha value is -2.75. The molecule has 0 spiro atoms. The van der Waals surface area contributed by atoms with Gasteiger partial charge in [-0.25, -0.2) is 0 Å². The summed E-state index contributed by atoms with van der Waals surface area (Å²) in [7, 11) is 0. The van der Waals surface area contributed by atoms with E-state index in [1.165, 1.54) is 0 Å².